The van der Waals surface area contributed by atoms with Gasteiger partial charge in [0.15, 0.2) is 36.7 Å². The summed E-state index contributed by atoms with van der Waals surface area (Å²) in [7, 11) is 3.05. The Balaban J connectivity index is 0.000000201. The third-order valence-electron chi connectivity index (χ3n) is 18.3. The van der Waals surface area contributed by atoms with Gasteiger partial charge in [0, 0.05) is 33.5 Å². The SMILES string of the molecule is CCC(C)(COC(C)C)C(=O)OCC(=O)OC1CCOC1=O.CCC(C)(COC)C(=O)OC12CC(OC1=O)C1OC(C)(C)OC1C2.CCC(C)(COC)C(=O)OC1C(=O)OC2C3OC(C)(C)OC3OC12.CCC(C)(COCC(F)(F)F)C(=O)OCC1CCC2OC(=O)OC2C1. The van der Waals surface area contributed by atoms with Crippen molar-refractivity contribution < 1.29 is 146 Å². The lowest BCUT2D eigenvalue weighted by molar-refractivity contribution is -0.218. The number of hydrogen-bond donors (Lipinski definition) is 0. The number of carbonyl (C=O) groups is 9. The van der Waals surface area contributed by atoms with Crippen LogP contribution in [0.25, 0.3) is 0 Å². The van der Waals surface area contributed by atoms with Crippen LogP contribution in [-0.2, 0) is 128 Å². The van der Waals surface area contributed by atoms with Crippen LogP contribution in [0.1, 0.15) is 161 Å². The topological polar surface area (TPSA) is 329 Å². The first-order chi connectivity index (χ1) is 44.3. The molecule has 9 fully saturated rings. The van der Waals surface area contributed by atoms with Gasteiger partial charge in [0.25, 0.3) is 0 Å². The molecule has 0 spiro atoms. The second kappa shape index (κ2) is 32.0. The number of fused-ring (bicyclic) bond motifs is 8. The van der Waals surface area contributed by atoms with E-state index < -0.39 is 155 Å². The van der Waals surface area contributed by atoms with E-state index in [1.165, 1.54) is 21.1 Å². The zero-order chi connectivity index (χ0) is 70.9. The van der Waals surface area contributed by atoms with Crippen molar-refractivity contribution in [3.63, 3.8) is 0 Å². The molecule has 0 amide bonds. The largest absolute Gasteiger partial charge is 0.509 e. The number of carbonyl (C=O) groups excluding carboxylic acids is 9. The molecule has 17 atom stereocenters. The summed E-state index contributed by atoms with van der Waals surface area (Å²) in [5, 5.41) is 0. The summed E-state index contributed by atoms with van der Waals surface area (Å²) >= 11 is 0. The van der Waals surface area contributed by atoms with E-state index >= 15 is 0 Å². The number of esters is 8. The molecular weight excluding hydrogens is 1270 g/mol. The Morgan fingerprint density at radius 3 is 1.74 bits per heavy atom. The molecule has 0 aromatic rings. The van der Waals surface area contributed by atoms with Crippen molar-refractivity contribution in [2.24, 2.45) is 27.6 Å². The van der Waals surface area contributed by atoms with Gasteiger partial charge in [-0.2, -0.15) is 13.2 Å². The molecule has 0 aromatic carbocycles. The van der Waals surface area contributed by atoms with Crippen LogP contribution in [0.15, 0.2) is 0 Å². The summed E-state index contributed by atoms with van der Waals surface area (Å²) in [4.78, 5) is 108. The highest BCUT2D eigenvalue weighted by atomic mass is 19.4. The molecule has 2 aliphatic carbocycles. The molecule has 0 radical (unpaired) electrons. The van der Waals surface area contributed by atoms with Crippen LogP contribution in [0.2, 0.25) is 0 Å². The zero-order valence-corrected chi connectivity index (χ0v) is 57.3. The fraction of sp³-hybridized carbons (Fsp3) is 0.859. The lowest BCUT2D eigenvalue weighted by Crippen LogP contribution is -2.51. The molecule has 31 heteroatoms. The van der Waals surface area contributed by atoms with E-state index in [2.05, 4.69) is 9.47 Å². The Hall–Kier alpha value is -5.54. The van der Waals surface area contributed by atoms with Crippen molar-refractivity contribution in [3.8, 4) is 0 Å². The fourth-order valence-electron chi connectivity index (χ4n) is 11.6. The Labute approximate surface area is 551 Å². The van der Waals surface area contributed by atoms with Gasteiger partial charge in [-0.25, -0.2) is 24.0 Å². The summed E-state index contributed by atoms with van der Waals surface area (Å²) in [6.07, 6.45) is -6.62. The normalized spacial score (nSPS) is 32.0. The quantitative estimate of drug-likeness (QED) is 0.0670. The van der Waals surface area contributed by atoms with Crippen LogP contribution < -0.4 is 0 Å². The number of hydrogen-bond acceptors (Lipinski definition) is 28. The number of cyclic esters (lactones) is 1. The first kappa shape index (κ1) is 78.5. The molecule has 2 bridgehead atoms. The Morgan fingerprint density at radius 2 is 1.15 bits per heavy atom. The lowest BCUT2D eigenvalue weighted by Gasteiger charge is -2.35. The van der Waals surface area contributed by atoms with Crippen molar-refractivity contribution in [2.75, 3.05) is 67.1 Å². The van der Waals surface area contributed by atoms with Crippen molar-refractivity contribution >= 4 is 53.9 Å². The summed E-state index contributed by atoms with van der Waals surface area (Å²) in [5.74, 6) is -6.04. The number of halogens is 3. The van der Waals surface area contributed by atoms with Gasteiger partial charge in [-0.15, -0.1) is 0 Å². The predicted octanol–water partition coefficient (Wildman–Crippen LogP) is 6.79. The van der Waals surface area contributed by atoms with Crippen LogP contribution in [0, 0.1) is 27.6 Å². The Morgan fingerprint density at radius 1 is 0.579 bits per heavy atom. The van der Waals surface area contributed by atoms with Crippen molar-refractivity contribution in [3.05, 3.63) is 0 Å². The molecule has 0 aromatic heterocycles. The summed E-state index contributed by atoms with van der Waals surface area (Å²) < 4.78 is 138. The standard InChI is InChI=1S/C17H26O7.C16H23F3O6.C16H24O8.C15H24O7/c1-6-16(4,9-20-5)13(18)24-17-7-10(21-14(17)19)12-11(8-17)22-15(2,3)23-12;1-3-15(2,8-22-9-16(17,18)19)13(20)23-7-10-4-5-11-12(6-10)25-14(21)24-11;1-6-16(4,7-19-5)14(18)22-10-8-9(20-12(10)17)11-13(21-8)24-15(2,3)23-11;1-5-15(4,9-21-10(2)3)14(18)20-8-12(16)22-11-6-7-19-13(11)17/h10-12H,6-9H2,1-5H3;10-12H,3-9H2,1-2H3;8-11,13H,6-7H2,1-5H3;10-11H,5-9H2,1-4H3. The molecule has 9 rings (SSSR count). The average molecular weight is 1370 g/mol. The molecular formula is C64H97F3O28. The smallest absolute Gasteiger partial charge is 0.465 e. The highest BCUT2D eigenvalue weighted by Crippen LogP contribution is 2.49. The third kappa shape index (κ3) is 19.9. The minimum Gasteiger partial charge on any atom is -0.465 e. The van der Waals surface area contributed by atoms with Gasteiger partial charge in [0.1, 0.15) is 37.1 Å². The van der Waals surface area contributed by atoms with Crippen molar-refractivity contribution in [1.29, 1.82) is 0 Å². The van der Waals surface area contributed by atoms with Crippen LogP contribution in [0.5, 0.6) is 0 Å². The van der Waals surface area contributed by atoms with Gasteiger partial charge < -0.3 is 90.0 Å². The van der Waals surface area contributed by atoms with Crippen LogP contribution in [0.4, 0.5) is 18.0 Å². The van der Waals surface area contributed by atoms with E-state index in [0.29, 0.717) is 51.4 Å². The minimum absolute atomic E-state index is 0.00276. The molecule has 0 N–H and O–H groups in total. The van der Waals surface area contributed by atoms with Gasteiger partial charge >= 0.3 is 60.1 Å². The fourth-order valence-corrected chi connectivity index (χ4v) is 11.6. The Bertz CT molecular complexity index is 2710. The van der Waals surface area contributed by atoms with Crippen molar-refractivity contribution in [2.45, 2.75) is 258 Å². The van der Waals surface area contributed by atoms with Gasteiger partial charge in [0.2, 0.25) is 17.8 Å². The van der Waals surface area contributed by atoms with E-state index in [1.54, 1.807) is 41.5 Å². The third-order valence-corrected chi connectivity index (χ3v) is 18.3. The number of methoxy groups -OCH3 is 2. The summed E-state index contributed by atoms with van der Waals surface area (Å²) in [6.45, 7) is 23.7. The Kier molecular flexibility index (Phi) is 26.4. The second-order valence-corrected chi connectivity index (χ2v) is 27.5. The first-order valence-electron chi connectivity index (χ1n) is 32.3. The number of alkyl halides is 3. The molecule has 17 unspecified atom stereocenters. The molecule has 7 aliphatic heterocycles. The maximum absolute atomic E-state index is 12.7. The van der Waals surface area contributed by atoms with Gasteiger partial charge in [-0.3, -0.25) is 19.2 Å². The van der Waals surface area contributed by atoms with Crippen LogP contribution in [-0.4, -0.2) is 218 Å². The minimum atomic E-state index is -4.43. The van der Waals surface area contributed by atoms with E-state index in [-0.39, 0.29) is 82.5 Å². The molecule has 2 saturated carbocycles. The maximum atomic E-state index is 12.7. The van der Waals surface area contributed by atoms with Crippen molar-refractivity contribution in [1.82, 2.24) is 0 Å². The molecule has 7 saturated heterocycles. The van der Waals surface area contributed by atoms with E-state index in [1.807, 2.05) is 48.5 Å². The molecule has 9 aliphatic rings. The van der Waals surface area contributed by atoms with Crippen LogP contribution in [0.3, 0.4) is 0 Å². The summed E-state index contributed by atoms with van der Waals surface area (Å²) in [5.41, 5.74) is -4.87. The number of ether oxygens (including phenoxy) is 19. The van der Waals surface area contributed by atoms with E-state index in [4.69, 9.17) is 80.5 Å². The van der Waals surface area contributed by atoms with Gasteiger partial charge in [0.05, 0.1) is 73.5 Å². The molecule has 542 valence electrons. The average Bonchev–Trinajstić information content (AvgIpc) is 1.59. The molecule has 95 heavy (non-hydrogen) atoms. The van der Waals surface area contributed by atoms with Gasteiger partial charge in [-0.05, 0) is 120 Å². The molecule has 7 heterocycles. The number of rotatable bonds is 25. The monoisotopic (exact) mass is 1370 g/mol. The van der Waals surface area contributed by atoms with Crippen LogP contribution >= 0.6 is 0 Å². The molecule has 28 nitrogen and oxygen atoms in total. The van der Waals surface area contributed by atoms with E-state index in [9.17, 15) is 56.3 Å². The summed E-state index contributed by atoms with van der Waals surface area (Å²) in [6, 6.07) is 0. The maximum Gasteiger partial charge on any atom is 0.509 e. The van der Waals surface area contributed by atoms with E-state index in [0.717, 1.165) is 6.42 Å². The zero-order valence-electron chi connectivity index (χ0n) is 57.3. The first-order valence-corrected chi connectivity index (χ1v) is 32.3. The highest BCUT2D eigenvalue weighted by Gasteiger charge is 2.67. The highest BCUT2D eigenvalue weighted by molar-refractivity contribution is 5.88. The lowest BCUT2D eigenvalue weighted by atomic mass is 9.81. The van der Waals surface area contributed by atoms with Gasteiger partial charge in [-0.1, -0.05) is 27.7 Å². The predicted molar refractivity (Wildman–Crippen MR) is 315 cm³/mol. The second-order valence-electron chi connectivity index (χ2n) is 27.5.